The lowest BCUT2D eigenvalue weighted by Crippen LogP contribution is -2.35. The van der Waals surface area contributed by atoms with Crippen molar-refractivity contribution >= 4 is 22.9 Å². The maximum atomic E-state index is 12.0. The first-order valence-corrected chi connectivity index (χ1v) is 7.44. The van der Waals surface area contributed by atoms with E-state index in [0.717, 1.165) is 12.1 Å². The van der Waals surface area contributed by atoms with E-state index < -0.39 is 34.9 Å². The van der Waals surface area contributed by atoms with E-state index in [1.54, 1.807) is 0 Å². The lowest BCUT2D eigenvalue weighted by Gasteiger charge is -2.26. The number of Topliss-reactive ketones (excluding diaryl/α,β-unsaturated/α-hetero) is 2. The molecule has 1 aliphatic heterocycles. The molecule has 1 fully saturated rings. The van der Waals surface area contributed by atoms with E-state index in [9.17, 15) is 24.3 Å². The van der Waals surface area contributed by atoms with E-state index in [4.69, 9.17) is 9.15 Å². The molecule has 2 aliphatic rings. The summed E-state index contributed by atoms with van der Waals surface area (Å²) in [5, 5.41) is 9.92. The fraction of sp³-hybridized carbons (Fsp3) is 0.375. The summed E-state index contributed by atoms with van der Waals surface area (Å²) in [4.78, 5) is 48.7. The molecule has 3 rings (SSSR count). The van der Waals surface area contributed by atoms with Crippen molar-refractivity contribution in [2.24, 2.45) is 0 Å². The van der Waals surface area contributed by atoms with E-state index in [2.05, 4.69) is 0 Å². The lowest BCUT2D eigenvalue weighted by atomic mass is 9.94. The summed E-state index contributed by atoms with van der Waals surface area (Å²) in [6, 6.07) is 1.15. The van der Waals surface area contributed by atoms with Crippen LogP contribution < -0.4 is 5.43 Å². The van der Waals surface area contributed by atoms with Gasteiger partial charge in [-0.25, -0.2) is 0 Å². The van der Waals surface area contributed by atoms with E-state index in [1.807, 2.05) is 4.90 Å². The van der Waals surface area contributed by atoms with Crippen LogP contribution in [0.2, 0.25) is 0 Å². The summed E-state index contributed by atoms with van der Waals surface area (Å²) in [7, 11) is 0. The van der Waals surface area contributed by atoms with Gasteiger partial charge in [0.25, 0.3) is 0 Å². The third kappa shape index (κ3) is 3.19. The first-order chi connectivity index (χ1) is 11.5. The van der Waals surface area contributed by atoms with Gasteiger partial charge in [-0.05, 0) is 0 Å². The van der Waals surface area contributed by atoms with Crippen LogP contribution in [0.4, 0.5) is 0 Å². The van der Waals surface area contributed by atoms with Crippen LogP contribution in [0, 0.1) is 0 Å². The highest BCUT2D eigenvalue weighted by molar-refractivity contribution is 6.53. The number of hydrogen-bond donors (Lipinski definition) is 1. The minimum absolute atomic E-state index is 0.252. The van der Waals surface area contributed by atoms with Gasteiger partial charge in [-0.1, -0.05) is 0 Å². The minimum Gasteiger partial charge on any atom is -0.502 e. The lowest BCUT2D eigenvalue weighted by molar-refractivity contribution is -0.136. The molecule has 8 heteroatoms. The van der Waals surface area contributed by atoms with Crippen LogP contribution in [0.1, 0.15) is 17.9 Å². The fourth-order valence-electron chi connectivity index (χ4n) is 2.59. The average molecular weight is 333 g/mol. The number of carbonyl (C=O) groups is 3. The number of carbonyl (C=O) groups excluding carboxylic acids is 3. The third-order valence-corrected chi connectivity index (χ3v) is 3.87. The molecule has 1 aliphatic carbocycles. The van der Waals surface area contributed by atoms with Crippen molar-refractivity contribution in [1.82, 2.24) is 4.90 Å². The van der Waals surface area contributed by atoms with Gasteiger partial charge in [0.05, 0.1) is 31.8 Å². The van der Waals surface area contributed by atoms with Crippen molar-refractivity contribution in [1.29, 1.82) is 0 Å². The quantitative estimate of drug-likeness (QED) is 0.591. The highest BCUT2D eigenvalue weighted by atomic mass is 16.5. The normalized spacial score (nSPS) is 19.5. The van der Waals surface area contributed by atoms with E-state index in [1.165, 1.54) is 0 Å². The molecular formula is C16H15NO7. The molecular weight excluding hydrogens is 318 g/mol. The molecule has 1 saturated heterocycles. The number of aromatic hydroxyl groups is 1. The molecule has 0 aromatic carbocycles. The van der Waals surface area contributed by atoms with Crippen molar-refractivity contribution in [2.75, 3.05) is 26.3 Å². The SMILES string of the molecule is O=C1C=C(c2oc(CN3CCOCC3)cc(=O)c2O)C(=O)CC1=O. The van der Waals surface area contributed by atoms with Crippen LogP contribution in [0.3, 0.4) is 0 Å². The topological polar surface area (TPSA) is 114 Å². The van der Waals surface area contributed by atoms with Crippen LogP contribution >= 0.6 is 0 Å². The van der Waals surface area contributed by atoms with Gasteiger partial charge < -0.3 is 14.3 Å². The molecule has 0 radical (unpaired) electrons. The van der Waals surface area contributed by atoms with Gasteiger partial charge in [0.2, 0.25) is 22.7 Å². The van der Waals surface area contributed by atoms with Gasteiger partial charge in [-0.15, -0.1) is 0 Å². The molecule has 1 N–H and O–H groups in total. The second kappa shape index (κ2) is 6.50. The van der Waals surface area contributed by atoms with E-state index >= 15 is 0 Å². The van der Waals surface area contributed by atoms with Gasteiger partial charge in [-0.3, -0.25) is 24.1 Å². The predicted octanol–water partition coefficient (Wildman–Crippen LogP) is -0.328. The van der Waals surface area contributed by atoms with Crippen LogP contribution in [0.15, 0.2) is 21.4 Å². The van der Waals surface area contributed by atoms with Crippen molar-refractivity contribution < 1.29 is 28.6 Å². The molecule has 126 valence electrons. The van der Waals surface area contributed by atoms with Gasteiger partial charge in [0, 0.05) is 25.2 Å². The molecule has 0 atom stereocenters. The summed E-state index contributed by atoms with van der Waals surface area (Å²) in [5.74, 6) is -3.20. The summed E-state index contributed by atoms with van der Waals surface area (Å²) in [6.45, 7) is 2.76. The number of morpholine rings is 1. The summed E-state index contributed by atoms with van der Waals surface area (Å²) in [6.07, 6.45) is 0.214. The Balaban J connectivity index is 1.97. The molecule has 0 amide bonds. The van der Waals surface area contributed by atoms with Crippen LogP contribution in [-0.2, 0) is 25.7 Å². The van der Waals surface area contributed by atoms with Gasteiger partial charge in [-0.2, -0.15) is 0 Å². The van der Waals surface area contributed by atoms with Crippen molar-refractivity contribution in [3.63, 3.8) is 0 Å². The molecule has 0 unspecified atom stereocenters. The van der Waals surface area contributed by atoms with E-state index in [-0.39, 0.29) is 17.1 Å². The molecule has 24 heavy (non-hydrogen) atoms. The Morgan fingerprint density at radius 3 is 2.50 bits per heavy atom. The number of rotatable bonds is 3. The number of ketones is 3. The highest BCUT2D eigenvalue weighted by Gasteiger charge is 2.30. The number of ether oxygens (including phenoxy) is 1. The zero-order chi connectivity index (χ0) is 17.3. The number of allylic oxidation sites excluding steroid dienone is 2. The molecule has 1 aromatic heterocycles. The van der Waals surface area contributed by atoms with Crippen LogP contribution in [0.25, 0.3) is 5.57 Å². The maximum absolute atomic E-state index is 12.0. The zero-order valence-corrected chi connectivity index (χ0v) is 12.7. The average Bonchev–Trinajstić information content (AvgIpc) is 2.55. The predicted molar refractivity (Wildman–Crippen MR) is 80.4 cm³/mol. The zero-order valence-electron chi connectivity index (χ0n) is 12.7. The highest BCUT2D eigenvalue weighted by Crippen LogP contribution is 2.27. The molecule has 0 saturated carbocycles. The minimum atomic E-state index is -0.856. The monoisotopic (exact) mass is 333 g/mol. The molecule has 0 bridgehead atoms. The van der Waals surface area contributed by atoms with Crippen molar-refractivity contribution in [3.8, 4) is 5.75 Å². The number of hydrogen-bond acceptors (Lipinski definition) is 8. The summed E-state index contributed by atoms with van der Waals surface area (Å²) < 4.78 is 10.7. The maximum Gasteiger partial charge on any atom is 0.227 e. The second-order valence-corrected chi connectivity index (χ2v) is 5.59. The smallest absolute Gasteiger partial charge is 0.227 e. The standard InChI is InChI=1S/C16H15NO7/c18-11-7-13(20)12(19)6-10(11)16-15(22)14(21)5-9(24-16)8-17-1-3-23-4-2-17/h5-6,22H,1-4,7-8H2. The van der Waals surface area contributed by atoms with Gasteiger partial charge in [0.15, 0.2) is 11.5 Å². The Morgan fingerprint density at radius 1 is 1.08 bits per heavy atom. The van der Waals surface area contributed by atoms with Crippen molar-refractivity contribution in [3.05, 3.63) is 33.9 Å². The van der Waals surface area contributed by atoms with Crippen LogP contribution in [0.5, 0.6) is 5.75 Å². The summed E-state index contributed by atoms with van der Waals surface area (Å²) >= 11 is 0. The largest absolute Gasteiger partial charge is 0.502 e. The van der Waals surface area contributed by atoms with Gasteiger partial charge in [0.1, 0.15) is 5.76 Å². The number of nitrogens with zero attached hydrogens (tertiary/aromatic N) is 1. The second-order valence-electron chi connectivity index (χ2n) is 5.59. The Bertz CT molecular complexity index is 799. The van der Waals surface area contributed by atoms with Gasteiger partial charge >= 0.3 is 0 Å². The first-order valence-electron chi connectivity index (χ1n) is 7.44. The molecule has 0 spiro atoms. The fourth-order valence-corrected chi connectivity index (χ4v) is 2.59. The molecule has 2 heterocycles. The van der Waals surface area contributed by atoms with E-state index in [0.29, 0.717) is 32.8 Å². The van der Waals surface area contributed by atoms with Crippen LogP contribution in [-0.4, -0.2) is 53.7 Å². The Hall–Kier alpha value is -2.58. The first kappa shape index (κ1) is 16.3. The third-order valence-electron chi connectivity index (χ3n) is 3.87. The molecule has 8 nitrogen and oxygen atoms in total. The Morgan fingerprint density at radius 2 is 1.79 bits per heavy atom. The molecule has 1 aromatic rings. The summed E-state index contributed by atoms with van der Waals surface area (Å²) in [5.41, 5.74) is -0.962. The van der Waals surface area contributed by atoms with Crippen molar-refractivity contribution in [2.45, 2.75) is 13.0 Å². The Labute approximate surface area is 136 Å². The Kier molecular flexibility index (Phi) is 4.41.